The number of benzene rings is 3. The Morgan fingerprint density at radius 3 is 2.39 bits per heavy atom. The van der Waals surface area contributed by atoms with E-state index in [9.17, 15) is 4.39 Å². The van der Waals surface area contributed by atoms with Gasteiger partial charge in [-0.25, -0.2) is 9.40 Å². The molecule has 0 spiro atoms. The van der Waals surface area contributed by atoms with Gasteiger partial charge in [-0.2, -0.15) is 5.10 Å². The highest BCUT2D eigenvalue weighted by atomic mass is 35.5. The molecule has 0 bridgehead atoms. The van der Waals surface area contributed by atoms with Crippen molar-refractivity contribution in [2.75, 3.05) is 0 Å². The van der Waals surface area contributed by atoms with E-state index in [2.05, 4.69) is 0 Å². The second kappa shape index (κ2) is 6.80. The van der Waals surface area contributed by atoms with Crippen molar-refractivity contribution in [1.82, 2.24) is 5.01 Å². The molecule has 6 heteroatoms. The first kappa shape index (κ1) is 17.5. The number of hydrogen-bond donors (Lipinski definition) is 0. The largest absolute Gasteiger partial charge is 0.464 e. The van der Waals surface area contributed by atoms with Crippen LogP contribution < -0.4 is 4.74 Å². The number of nitrogens with zero attached hydrogens (tertiary/aromatic N) is 2. The van der Waals surface area contributed by atoms with Gasteiger partial charge in [-0.15, -0.1) is 0 Å². The van der Waals surface area contributed by atoms with Crippen LogP contribution in [0.1, 0.15) is 35.4 Å². The molecular formula is C22H15Cl2FN2O. The maximum Gasteiger partial charge on any atom is 0.213 e. The lowest BCUT2D eigenvalue weighted by Crippen LogP contribution is -2.33. The van der Waals surface area contributed by atoms with Crippen LogP contribution in [0.15, 0.2) is 71.8 Å². The van der Waals surface area contributed by atoms with Gasteiger partial charge < -0.3 is 4.74 Å². The zero-order chi connectivity index (χ0) is 19.3. The van der Waals surface area contributed by atoms with Crippen molar-refractivity contribution >= 4 is 28.9 Å². The van der Waals surface area contributed by atoms with Gasteiger partial charge in [0, 0.05) is 27.6 Å². The Morgan fingerprint density at radius 2 is 1.64 bits per heavy atom. The number of rotatable bonds is 2. The molecule has 3 aromatic carbocycles. The fourth-order valence-corrected chi connectivity index (χ4v) is 4.03. The Bertz CT molecular complexity index is 1070. The molecule has 2 atom stereocenters. The van der Waals surface area contributed by atoms with Gasteiger partial charge in [0.2, 0.25) is 6.23 Å². The molecule has 2 heterocycles. The zero-order valence-corrected chi connectivity index (χ0v) is 16.2. The Kier molecular flexibility index (Phi) is 4.26. The minimum absolute atomic E-state index is 0.0109. The van der Waals surface area contributed by atoms with Crippen molar-refractivity contribution in [3.8, 4) is 5.75 Å². The maximum atomic E-state index is 13.4. The van der Waals surface area contributed by atoms with E-state index in [0.29, 0.717) is 10.0 Å². The highest BCUT2D eigenvalue weighted by Crippen LogP contribution is 2.48. The summed E-state index contributed by atoms with van der Waals surface area (Å²) < 4.78 is 19.7. The van der Waals surface area contributed by atoms with E-state index in [-0.39, 0.29) is 11.9 Å². The van der Waals surface area contributed by atoms with Crippen LogP contribution in [0.25, 0.3) is 0 Å². The third-order valence-electron chi connectivity index (χ3n) is 5.08. The predicted octanol–water partition coefficient (Wildman–Crippen LogP) is 6.37. The van der Waals surface area contributed by atoms with Gasteiger partial charge in [0.25, 0.3) is 0 Å². The van der Waals surface area contributed by atoms with Crippen LogP contribution in [0.5, 0.6) is 5.75 Å². The van der Waals surface area contributed by atoms with Crippen molar-refractivity contribution in [2.45, 2.75) is 18.7 Å². The molecule has 0 radical (unpaired) electrons. The van der Waals surface area contributed by atoms with Gasteiger partial charge in [0.15, 0.2) is 0 Å². The van der Waals surface area contributed by atoms with E-state index in [1.165, 1.54) is 12.1 Å². The Morgan fingerprint density at radius 1 is 0.929 bits per heavy atom. The van der Waals surface area contributed by atoms with Crippen LogP contribution in [0.2, 0.25) is 10.0 Å². The molecular weight excluding hydrogens is 398 g/mol. The fraction of sp³-hybridized carbons (Fsp3) is 0.136. The summed E-state index contributed by atoms with van der Waals surface area (Å²) in [5.41, 5.74) is 3.80. The summed E-state index contributed by atoms with van der Waals surface area (Å²) in [5, 5.41) is 8.14. The van der Waals surface area contributed by atoms with Crippen LogP contribution >= 0.6 is 23.2 Å². The molecule has 0 N–H and O–H groups in total. The van der Waals surface area contributed by atoms with Gasteiger partial charge in [0.05, 0.1) is 11.8 Å². The lowest BCUT2D eigenvalue weighted by Gasteiger charge is -2.38. The Labute approximate surface area is 172 Å². The first-order valence-corrected chi connectivity index (χ1v) is 9.67. The minimum Gasteiger partial charge on any atom is -0.464 e. The topological polar surface area (TPSA) is 24.8 Å². The minimum atomic E-state index is -0.441. The monoisotopic (exact) mass is 412 g/mol. The molecule has 2 aliphatic heterocycles. The third kappa shape index (κ3) is 3.03. The van der Waals surface area contributed by atoms with Crippen molar-refractivity contribution in [2.24, 2.45) is 5.10 Å². The molecule has 0 amide bonds. The van der Waals surface area contributed by atoms with Gasteiger partial charge in [-0.3, -0.25) is 0 Å². The standard InChI is InChI=1S/C22H15Cl2FN2O/c23-15-5-1-13(2-6-15)19-12-20-18-11-16(24)7-10-21(18)28-22(27(20)26-19)14-3-8-17(25)9-4-14/h1-11,20,22H,12H2. The van der Waals surface area contributed by atoms with E-state index in [1.54, 1.807) is 12.1 Å². The predicted molar refractivity (Wildman–Crippen MR) is 108 cm³/mol. The second-order valence-corrected chi connectivity index (χ2v) is 7.73. The number of ether oxygens (including phenoxy) is 1. The lowest BCUT2D eigenvalue weighted by molar-refractivity contribution is -0.0190. The van der Waals surface area contributed by atoms with Crippen molar-refractivity contribution in [1.29, 1.82) is 0 Å². The molecule has 0 aromatic heterocycles. The van der Waals surface area contributed by atoms with E-state index < -0.39 is 6.23 Å². The molecule has 5 rings (SSSR count). The van der Waals surface area contributed by atoms with Crippen LogP contribution in [-0.2, 0) is 0 Å². The summed E-state index contributed by atoms with van der Waals surface area (Å²) in [5.74, 6) is 0.489. The number of fused-ring (bicyclic) bond motifs is 3. The molecule has 0 fully saturated rings. The van der Waals surface area contributed by atoms with Gasteiger partial charge >= 0.3 is 0 Å². The highest BCUT2D eigenvalue weighted by Gasteiger charge is 2.41. The number of hydrazone groups is 1. The fourth-order valence-electron chi connectivity index (χ4n) is 3.72. The summed E-state index contributed by atoms with van der Waals surface area (Å²) in [6.07, 6.45) is 0.278. The van der Waals surface area contributed by atoms with E-state index in [0.717, 1.165) is 34.6 Å². The molecule has 140 valence electrons. The van der Waals surface area contributed by atoms with Crippen LogP contribution in [0, 0.1) is 5.82 Å². The van der Waals surface area contributed by atoms with Crippen molar-refractivity contribution < 1.29 is 9.13 Å². The van der Waals surface area contributed by atoms with E-state index >= 15 is 0 Å². The molecule has 0 aliphatic carbocycles. The second-order valence-electron chi connectivity index (χ2n) is 6.86. The van der Waals surface area contributed by atoms with Gasteiger partial charge in [-0.1, -0.05) is 47.5 Å². The molecule has 2 unspecified atom stereocenters. The third-order valence-corrected chi connectivity index (χ3v) is 5.57. The van der Waals surface area contributed by atoms with E-state index in [4.69, 9.17) is 33.0 Å². The SMILES string of the molecule is Fc1ccc(C2Oc3ccc(Cl)cc3C3CC(c4ccc(Cl)cc4)=NN32)cc1. The normalized spacial score (nSPS) is 20.2. The van der Waals surface area contributed by atoms with Gasteiger partial charge in [0.1, 0.15) is 11.6 Å². The smallest absolute Gasteiger partial charge is 0.213 e. The molecule has 0 saturated carbocycles. The number of halogens is 3. The van der Waals surface area contributed by atoms with E-state index in [1.807, 2.05) is 47.5 Å². The molecule has 2 aliphatic rings. The average molecular weight is 413 g/mol. The number of hydrogen-bond acceptors (Lipinski definition) is 3. The Hall–Kier alpha value is -2.56. The van der Waals surface area contributed by atoms with Crippen molar-refractivity contribution in [3.63, 3.8) is 0 Å². The maximum absolute atomic E-state index is 13.4. The van der Waals surface area contributed by atoms with Gasteiger partial charge in [-0.05, 0) is 48.0 Å². The summed E-state index contributed by atoms with van der Waals surface area (Å²) in [7, 11) is 0. The first-order chi connectivity index (χ1) is 13.6. The zero-order valence-electron chi connectivity index (χ0n) is 14.6. The van der Waals surface area contributed by atoms with Crippen LogP contribution in [0.3, 0.4) is 0 Å². The van der Waals surface area contributed by atoms with Crippen LogP contribution in [-0.4, -0.2) is 10.7 Å². The van der Waals surface area contributed by atoms with Crippen molar-refractivity contribution in [3.05, 3.63) is 99.3 Å². The lowest BCUT2D eigenvalue weighted by atomic mass is 9.96. The summed E-state index contributed by atoms with van der Waals surface area (Å²) >= 11 is 12.3. The summed E-state index contributed by atoms with van der Waals surface area (Å²) in [6, 6.07) is 19.6. The Balaban J connectivity index is 1.59. The quantitative estimate of drug-likeness (QED) is 0.487. The summed E-state index contributed by atoms with van der Waals surface area (Å²) in [4.78, 5) is 0. The van der Waals surface area contributed by atoms with Crippen LogP contribution in [0.4, 0.5) is 4.39 Å². The first-order valence-electron chi connectivity index (χ1n) is 8.92. The highest BCUT2D eigenvalue weighted by molar-refractivity contribution is 6.31. The molecule has 3 aromatic rings. The summed E-state index contributed by atoms with van der Waals surface area (Å²) in [6.45, 7) is 0. The molecule has 28 heavy (non-hydrogen) atoms. The molecule has 3 nitrogen and oxygen atoms in total. The molecule has 0 saturated heterocycles. The average Bonchev–Trinajstić information content (AvgIpc) is 3.14.